The fourth-order valence-electron chi connectivity index (χ4n) is 9.73. The zero-order valence-electron chi connectivity index (χ0n) is 27.4. The minimum absolute atomic E-state index is 0.385. The molecule has 0 N–H and O–H groups in total. The Morgan fingerprint density at radius 1 is 0.510 bits per heavy atom. The Bertz CT molecular complexity index is 2270. The molecule has 4 bridgehead atoms. The molecule has 4 fully saturated rings. The van der Waals surface area contributed by atoms with Crippen molar-refractivity contribution in [3.8, 4) is 56.2 Å². The summed E-state index contributed by atoms with van der Waals surface area (Å²) >= 11 is 0. The maximum Gasteiger partial charge on any atom is 0.182 e. The number of benzene rings is 5. The average molecular weight is 636 g/mol. The SMILES string of the molecule is c1ccc(-c2cc(-c3ccc(-c4cccc(-c5cccc6ncoc56)c4)cc3)nc(-c3ccc(C45CC6CC(CC(C6)C4)C5)cc3)n2)cc1. The second-order valence-electron chi connectivity index (χ2n) is 14.8. The van der Waals surface area contributed by atoms with Crippen molar-refractivity contribution in [2.24, 2.45) is 17.8 Å². The number of rotatable bonds is 6. The quantitative estimate of drug-likeness (QED) is 0.182. The standard InChI is InChI=1S/C45H37N3O/c1-2-6-33(7-3-1)41-24-42(48-44(47-41)35-16-18-38(19-17-35)45-25-29-20-30(26-45)22-31(21-29)27-45)34-14-12-32(13-15-34)36-8-4-9-37(23-36)39-10-5-11-40-43(39)49-28-46-40/h1-19,23-24,28-31H,20-22,25-27H2. The molecular formula is C45H37N3O. The number of aromatic nitrogens is 3. The molecule has 2 aromatic heterocycles. The van der Waals surface area contributed by atoms with Gasteiger partial charge in [0.05, 0.1) is 11.4 Å². The van der Waals surface area contributed by atoms with Crippen LogP contribution in [-0.4, -0.2) is 15.0 Å². The van der Waals surface area contributed by atoms with Crippen LogP contribution < -0.4 is 0 Å². The van der Waals surface area contributed by atoms with E-state index in [2.05, 4.69) is 120 Å². The van der Waals surface area contributed by atoms with Crippen LogP contribution in [0.3, 0.4) is 0 Å². The van der Waals surface area contributed by atoms with Crippen LogP contribution in [0.2, 0.25) is 0 Å². The predicted molar refractivity (Wildman–Crippen MR) is 197 cm³/mol. The first-order chi connectivity index (χ1) is 24.2. The van der Waals surface area contributed by atoms with E-state index in [1.54, 1.807) is 0 Å². The fourth-order valence-corrected chi connectivity index (χ4v) is 9.73. The smallest absolute Gasteiger partial charge is 0.182 e. The molecule has 11 rings (SSSR count). The third-order valence-electron chi connectivity index (χ3n) is 11.6. The Hall–Kier alpha value is -5.35. The molecule has 4 aliphatic rings. The molecule has 0 amide bonds. The van der Waals surface area contributed by atoms with Gasteiger partial charge in [-0.15, -0.1) is 0 Å². The monoisotopic (exact) mass is 635 g/mol. The zero-order chi connectivity index (χ0) is 32.4. The van der Waals surface area contributed by atoms with Crippen LogP contribution in [0.1, 0.15) is 44.1 Å². The molecule has 238 valence electrons. The molecule has 5 aromatic carbocycles. The normalized spacial score (nSPS) is 22.5. The minimum atomic E-state index is 0.385. The number of oxazole rings is 1. The zero-order valence-corrected chi connectivity index (χ0v) is 27.4. The summed E-state index contributed by atoms with van der Waals surface area (Å²) in [6.07, 6.45) is 10.0. The summed E-state index contributed by atoms with van der Waals surface area (Å²) in [6, 6.07) is 45.3. The van der Waals surface area contributed by atoms with E-state index >= 15 is 0 Å². The summed E-state index contributed by atoms with van der Waals surface area (Å²) in [4.78, 5) is 14.6. The molecule has 4 nitrogen and oxygen atoms in total. The van der Waals surface area contributed by atoms with Gasteiger partial charge in [0.25, 0.3) is 0 Å². The van der Waals surface area contributed by atoms with E-state index in [4.69, 9.17) is 14.4 Å². The van der Waals surface area contributed by atoms with E-state index in [1.807, 2.05) is 12.1 Å². The lowest BCUT2D eigenvalue weighted by Gasteiger charge is -2.57. The van der Waals surface area contributed by atoms with Crippen molar-refractivity contribution in [1.82, 2.24) is 15.0 Å². The van der Waals surface area contributed by atoms with Gasteiger partial charge in [-0.1, -0.05) is 109 Å². The summed E-state index contributed by atoms with van der Waals surface area (Å²) in [7, 11) is 0. The van der Waals surface area contributed by atoms with Gasteiger partial charge in [-0.05, 0) is 102 Å². The molecule has 7 aromatic rings. The van der Waals surface area contributed by atoms with Crippen molar-refractivity contribution in [1.29, 1.82) is 0 Å². The molecule has 0 saturated heterocycles. The summed E-state index contributed by atoms with van der Waals surface area (Å²) < 4.78 is 5.73. The molecule has 0 radical (unpaired) electrons. The van der Waals surface area contributed by atoms with Crippen LogP contribution in [-0.2, 0) is 5.41 Å². The number of hydrogen-bond acceptors (Lipinski definition) is 4. The van der Waals surface area contributed by atoms with Gasteiger partial charge in [0.2, 0.25) is 0 Å². The van der Waals surface area contributed by atoms with Gasteiger partial charge in [-0.3, -0.25) is 0 Å². The number of fused-ring (bicyclic) bond motifs is 1. The second-order valence-corrected chi connectivity index (χ2v) is 14.8. The van der Waals surface area contributed by atoms with Crippen LogP contribution in [0, 0.1) is 17.8 Å². The Labute approximate surface area is 286 Å². The number of para-hydroxylation sites is 1. The largest absolute Gasteiger partial charge is 0.443 e. The van der Waals surface area contributed by atoms with Crippen LogP contribution in [0.25, 0.3) is 67.3 Å². The van der Waals surface area contributed by atoms with Gasteiger partial charge in [0.15, 0.2) is 17.8 Å². The highest BCUT2D eigenvalue weighted by molar-refractivity contribution is 5.91. The van der Waals surface area contributed by atoms with Gasteiger partial charge in [-0.25, -0.2) is 15.0 Å². The molecule has 4 aliphatic carbocycles. The van der Waals surface area contributed by atoms with E-state index in [1.165, 1.54) is 50.5 Å². The summed E-state index contributed by atoms with van der Waals surface area (Å²) in [5, 5.41) is 0. The highest BCUT2D eigenvalue weighted by atomic mass is 16.3. The summed E-state index contributed by atoms with van der Waals surface area (Å²) in [5.74, 6) is 3.57. The molecule has 0 atom stereocenters. The van der Waals surface area contributed by atoms with Crippen molar-refractivity contribution in [3.63, 3.8) is 0 Å². The third-order valence-corrected chi connectivity index (χ3v) is 11.6. The van der Waals surface area contributed by atoms with Gasteiger partial charge >= 0.3 is 0 Å². The maximum absolute atomic E-state index is 5.73. The van der Waals surface area contributed by atoms with Crippen LogP contribution in [0.5, 0.6) is 0 Å². The molecule has 49 heavy (non-hydrogen) atoms. The molecule has 0 aliphatic heterocycles. The first-order valence-electron chi connectivity index (χ1n) is 17.7. The predicted octanol–water partition coefficient (Wildman–Crippen LogP) is 11.4. The van der Waals surface area contributed by atoms with Crippen molar-refractivity contribution in [2.45, 2.75) is 43.9 Å². The average Bonchev–Trinajstić information content (AvgIpc) is 3.64. The van der Waals surface area contributed by atoms with Gasteiger partial charge < -0.3 is 4.42 Å². The summed E-state index contributed by atoms with van der Waals surface area (Å²) in [6.45, 7) is 0. The molecule has 0 spiro atoms. The molecule has 4 heteroatoms. The minimum Gasteiger partial charge on any atom is -0.443 e. The number of nitrogens with zero attached hydrogens (tertiary/aromatic N) is 3. The fraction of sp³-hybridized carbons (Fsp3) is 0.222. The highest BCUT2D eigenvalue weighted by Gasteiger charge is 2.51. The van der Waals surface area contributed by atoms with Crippen molar-refractivity contribution in [2.75, 3.05) is 0 Å². The van der Waals surface area contributed by atoms with Gasteiger partial charge in [-0.2, -0.15) is 0 Å². The van der Waals surface area contributed by atoms with Crippen LogP contribution in [0.15, 0.2) is 138 Å². The van der Waals surface area contributed by atoms with Gasteiger partial charge in [0.1, 0.15) is 5.52 Å². The highest BCUT2D eigenvalue weighted by Crippen LogP contribution is 2.60. The molecular weight excluding hydrogens is 599 g/mol. The molecule has 2 heterocycles. The molecule has 4 saturated carbocycles. The van der Waals surface area contributed by atoms with Crippen molar-refractivity contribution in [3.05, 3.63) is 139 Å². The lowest BCUT2D eigenvalue weighted by molar-refractivity contribution is -0.00518. The molecule has 0 unspecified atom stereocenters. The maximum atomic E-state index is 5.73. The third kappa shape index (κ3) is 5.09. The Morgan fingerprint density at radius 2 is 1.10 bits per heavy atom. The van der Waals surface area contributed by atoms with E-state index in [0.717, 1.165) is 85.0 Å². The van der Waals surface area contributed by atoms with Crippen LogP contribution in [0.4, 0.5) is 0 Å². The lowest BCUT2D eigenvalue weighted by Crippen LogP contribution is -2.48. The van der Waals surface area contributed by atoms with E-state index in [9.17, 15) is 0 Å². The van der Waals surface area contributed by atoms with E-state index in [0.29, 0.717) is 5.41 Å². The first kappa shape index (κ1) is 28.6. The topological polar surface area (TPSA) is 51.8 Å². The lowest BCUT2D eigenvalue weighted by atomic mass is 9.48. The summed E-state index contributed by atoms with van der Waals surface area (Å²) in [5.41, 5.74) is 13.1. The second kappa shape index (κ2) is 11.4. The van der Waals surface area contributed by atoms with E-state index in [-0.39, 0.29) is 0 Å². The first-order valence-corrected chi connectivity index (χ1v) is 17.7. The Morgan fingerprint density at radius 3 is 1.82 bits per heavy atom. The van der Waals surface area contributed by atoms with Crippen LogP contribution >= 0.6 is 0 Å². The number of hydrogen-bond donors (Lipinski definition) is 0. The Balaban J connectivity index is 0.987. The Kier molecular flexibility index (Phi) is 6.65. The van der Waals surface area contributed by atoms with Crippen molar-refractivity contribution >= 4 is 11.1 Å². The van der Waals surface area contributed by atoms with Crippen molar-refractivity contribution < 1.29 is 4.42 Å². The van der Waals surface area contributed by atoms with E-state index < -0.39 is 0 Å². The van der Waals surface area contributed by atoms with Gasteiger partial charge in [0, 0.05) is 22.3 Å².